The first-order chi connectivity index (χ1) is 15.7. The Morgan fingerprint density at radius 3 is 2.55 bits per heavy atom. The smallest absolute Gasteiger partial charge is 0.271 e. The Bertz CT molecular complexity index is 1280. The molecule has 0 aliphatic heterocycles. The van der Waals surface area contributed by atoms with Crippen LogP contribution >= 0.6 is 12.2 Å². The lowest BCUT2D eigenvalue weighted by Crippen LogP contribution is -2.25. The molecule has 33 heavy (non-hydrogen) atoms. The summed E-state index contributed by atoms with van der Waals surface area (Å²) < 4.78 is 3.44. The largest absolute Gasteiger partial charge is 0.345 e. The highest BCUT2D eigenvalue weighted by atomic mass is 32.1. The predicted octanol–water partition coefficient (Wildman–Crippen LogP) is 3.53. The second-order valence-corrected chi connectivity index (χ2v) is 7.77. The van der Waals surface area contributed by atoms with Gasteiger partial charge in [0.15, 0.2) is 10.6 Å². The number of anilines is 1. The third-order valence-electron chi connectivity index (χ3n) is 5.11. The monoisotopic (exact) mass is 468 g/mol. The highest BCUT2D eigenvalue weighted by molar-refractivity contribution is 7.71. The third kappa shape index (κ3) is 5.50. The minimum atomic E-state index is -0.522. The van der Waals surface area contributed by atoms with Crippen molar-refractivity contribution < 1.29 is 14.5 Å². The summed E-state index contributed by atoms with van der Waals surface area (Å²) >= 11 is 5.45. The van der Waals surface area contributed by atoms with Crippen LogP contribution in [0, 0.1) is 28.7 Å². The molecule has 3 rings (SSSR count). The highest BCUT2D eigenvalue weighted by Gasteiger charge is 2.16. The molecule has 2 aromatic carbocycles. The lowest BCUT2D eigenvalue weighted by molar-refractivity contribution is -0.384. The van der Waals surface area contributed by atoms with Gasteiger partial charge in [-0.15, -0.1) is 0 Å². The van der Waals surface area contributed by atoms with E-state index in [9.17, 15) is 19.7 Å². The zero-order chi connectivity index (χ0) is 24.1. The number of carbonyl (C=O) groups excluding carboxylic acids is 2. The number of nitro benzene ring substituents is 1. The Morgan fingerprint density at radius 2 is 1.88 bits per heavy atom. The fraction of sp³-hybridized carbons (Fsp3) is 0.273. The minimum Gasteiger partial charge on any atom is -0.345 e. The van der Waals surface area contributed by atoms with E-state index in [4.69, 9.17) is 12.2 Å². The van der Waals surface area contributed by atoms with Gasteiger partial charge in [-0.3, -0.25) is 19.7 Å². The zero-order valence-electron chi connectivity index (χ0n) is 18.5. The van der Waals surface area contributed by atoms with E-state index in [-0.39, 0.29) is 24.7 Å². The molecular weight excluding hydrogens is 444 g/mol. The maximum Gasteiger partial charge on any atom is 0.271 e. The van der Waals surface area contributed by atoms with Crippen LogP contribution in [0.2, 0.25) is 0 Å². The van der Waals surface area contributed by atoms with Crippen LogP contribution in [0.15, 0.2) is 42.5 Å². The number of non-ortho nitro benzene ring substituents is 1. The van der Waals surface area contributed by atoms with Crippen LogP contribution in [-0.4, -0.2) is 31.1 Å². The number of aryl methyl sites for hydroxylation is 2. The SMILES string of the molecule is CCn1c(CNC(=O)c2ccccc2C)nn(CC(=O)Nc2cc([N+](=O)[O-])ccc2C)c1=S. The van der Waals surface area contributed by atoms with Crippen molar-refractivity contribution in [2.45, 2.75) is 40.4 Å². The van der Waals surface area contributed by atoms with Crippen LogP contribution < -0.4 is 10.6 Å². The molecule has 0 radical (unpaired) electrons. The Kier molecular flexibility index (Phi) is 7.34. The molecule has 0 spiro atoms. The van der Waals surface area contributed by atoms with Crippen molar-refractivity contribution in [2.75, 3.05) is 5.32 Å². The number of nitrogens with zero attached hydrogens (tertiary/aromatic N) is 4. The lowest BCUT2D eigenvalue weighted by atomic mass is 10.1. The van der Waals surface area contributed by atoms with Crippen molar-refractivity contribution in [3.8, 4) is 0 Å². The number of nitrogens with one attached hydrogen (secondary N) is 2. The molecule has 10 nitrogen and oxygen atoms in total. The molecular formula is C22H24N6O4S. The highest BCUT2D eigenvalue weighted by Crippen LogP contribution is 2.21. The van der Waals surface area contributed by atoms with Gasteiger partial charge < -0.3 is 15.2 Å². The number of amides is 2. The lowest BCUT2D eigenvalue weighted by Gasteiger charge is -2.08. The van der Waals surface area contributed by atoms with Crippen molar-refractivity contribution in [2.24, 2.45) is 0 Å². The summed E-state index contributed by atoms with van der Waals surface area (Å²) in [5.74, 6) is -0.134. The molecule has 0 bridgehead atoms. The maximum atomic E-state index is 12.6. The molecule has 2 amide bonds. The molecule has 0 unspecified atom stereocenters. The topological polar surface area (TPSA) is 124 Å². The summed E-state index contributed by atoms with van der Waals surface area (Å²) in [6.07, 6.45) is 0. The Morgan fingerprint density at radius 1 is 1.15 bits per heavy atom. The number of hydrogen-bond donors (Lipinski definition) is 2. The molecule has 1 heterocycles. The Hall–Kier alpha value is -3.86. The van der Waals surface area contributed by atoms with Crippen molar-refractivity contribution in [3.63, 3.8) is 0 Å². The Balaban J connectivity index is 1.73. The average molecular weight is 469 g/mol. The van der Waals surface area contributed by atoms with E-state index in [2.05, 4.69) is 15.7 Å². The second-order valence-electron chi connectivity index (χ2n) is 7.40. The summed E-state index contributed by atoms with van der Waals surface area (Å²) in [6, 6.07) is 11.5. The molecule has 0 saturated heterocycles. The number of benzene rings is 2. The molecule has 1 aromatic heterocycles. The second kappa shape index (κ2) is 10.2. The van der Waals surface area contributed by atoms with Crippen LogP contribution in [0.25, 0.3) is 0 Å². The summed E-state index contributed by atoms with van der Waals surface area (Å²) in [4.78, 5) is 35.6. The molecule has 172 valence electrons. The molecule has 0 atom stereocenters. The summed E-state index contributed by atoms with van der Waals surface area (Å²) in [7, 11) is 0. The molecule has 0 fully saturated rings. The molecule has 0 aliphatic rings. The number of nitro groups is 1. The van der Waals surface area contributed by atoms with Crippen molar-refractivity contribution in [1.82, 2.24) is 19.7 Å². The van der Waals surface area contributed by atoms with E-state index in [1.165, 1.54) is 16.8 Å². The van der Waals surface area contributed by atoms with E-state index < -0.39 is 10.8 Å². The molecule has 0 aliphatic carbocycles. The average Bonchev–Trinajstić information content (AvgIpc) is 3.07. The minimum absolute atomic E-state index is 0.116. The fourth-order valence-corrected chi connectivity index (χ4v) is 3.64. The van der Waals surface area contributed by atoms with Crippen molar-refractivity contribution >= 4 is 35.4 Å². The van der Waals surface area contributed by atoms with E-state index in [1.54, 1.807) is 29.7 Å². The number of rotatable bonds is 8. The van der Waals surface area contributed by atoms with Crippen LogP contribution in [0.3, 0.4) is 0 Å². The van der Waals surface area contributed by atoms with Gasteiger partial charge in [0.05, 0.1) is 17.2 Å². The van der Waals surface area contributed by atoms with Gasteiger partial charge in [-0.1, -0.05) is 24.3 Å². The molecule has 2 N–H and O–H groups in total. The van der Waals surface area contributed by atoms with Crippen LogP contribution in [-0.2, 0) is 24.4 Å². The number of hydrogen-bond acceptors (Lipinski definition) is 6. The molecule has 11 heteroatoms. The van der Waals surface area contributed by atoms with E-state index in [0.29, 0.717) is 34.0 Å². The van der Waals surface area contributed by atoms with Gasteiger partial charge >= 0.3 is 0 Å². The van der Waals surface area contributed by atoms with E-state index in [0.717, 1.165) is 5.56 Å². The Labute approximate surface area is 195 Å². The van der Waals surface area contributed by atoms with Gasteiger partial charge in [0.25, 0.3) is 11.6 Å². The molecule has 3 aromatic rings. The van der Waals surface area contributed by atoms with Crippen molar-refractivity contribution in [1.29, 1.82) is 0 Å². The van der Waals surface area contributed by atoms with Gasteiger partial charge in [-0.25, -0.2) is 4.68 Å². The summed E-state index contributed by atoms with van der Waals surface area (Å²) in [6.45, 7) is 5.97. The van der Waals surface area contributed by atoms with E-state index >= 15 is 0 Å². The first-order valence-electron chi connectivity index (χ1n) is 10.3. The summed E-state index contributed by atoms with van der Waals surface area (Å²) in [5.41, 5.74) is 2.36. The van der Waals surface area contributed by atoms with Crippen LogP contribution in [0.1, 0.15) is 34.2 Å². The first kappa shape index (κ1) is 23.8. The quantitative estimate of drug-likeness (QED) is 0.296. The van der Waals surface area contributed by atoms with Gasteiger partial charge in [-0.05, 0) is 50.2 Å². The standard InChI is InChI=1S/C22H24N6O4S/c1-4-26-19(12-23-21(30)17-8-6-5-7-14(17)2)25-27(22(26)33)13-20(29)24-18-11-16(28(31)32)10-9-15(18)3/h5-11H,4,12-13H2,1-3H3,(H,23,30)(H,24,29). The van der Waals surface area contributed by atoms with Gasteiger partial charge in [0.2, 0.25) is 5.91 Å². The first-order valence-corrected chi connectivity index (χ1v) is 10.7. The molecule has 0 saturated carbocycles. The van der Waals surface area contributed by atoms with Gasteiger partial charge in [0.1, 0.15) is 6.54 Å². The van der Waals surface area contributed by atoms with Crippen LogP contribution in [0.5, 0.6) is 0 Å². The van der Waals surface area contributed by atoms with Gasteiger partial charge in [0, 0.05) is 24.2 Å². The van der Waals surface area contributed by atoms with E-state index in [1.807, 2.05) is 26.0 Å². The zero-order valence-corrected chi connectivity index (χ0v) is 19.3. The van der Waals surface area contributed by atoms with Gasteiger partial charge in [-0.2, -0.15) is 5.10 Å². The normalized spacial score (nSPS) is 10.6. The van der Waals surface area contributed by atoms with Crippen molar-refractivity contribution in [3.05, 3.63) is 79.9 Å². The third-order valence-corrected chi connectivity index (χ3v) is 5.54. The fourth-order valence-electron chi connectivity index (χ4n) is 3.30. The predicted molar refractivity (Wildman–Crippen MR) is 126 cm³/mol. The van der Waals surface area contributed by atoms with Crippen LogP contribution in [0.4, 0.5) is 11.4 Å². The number of carbonyl (C=O) groups is 2. The summed E-state index contributed by atoms with van der Waals surface area (Å²) in [5, 5.41) is 20.9. The number of aromatic nitrogens is 3. The maximum absolute atomic E-state index is 12.6.